The summed E-state index contributed by atoms with van der Waals surface area (Å²) in [6.45, 7) is 1.54. The molecule has 1 heterocycles. The number of hydrogen-bond acceptors (Lipinski definition) is 5. The number of carboxylic acid groups (broad SMARTS) is 1. The van der Waals surface area contributed by atoms with E-state index in [0.29, 0.717) is 10.8 Å². The van der Waals surface area contributed by atoms with E-state index in [1.54, 1.807) is 6.21 Å². The summed E-state index contributed by atoms with van der Waals surface area (Å²) < 4.78 is 5.54. The second kappa shape index (κ2) is 8.65. The Labute approximate surface area is 182 Å². The predicted octanol–water partition coefficient (Wildman–Crippen LogP) is 6.25. The molecule has 0 amide bonds. The zero-order chi connectivity index (χ0) is 21.1. The van der Waals surface area contributed by atoms with Crippen LogP contribution in [0.15, 0.2) is 71.7 Å². The Balaban J connectivity index is 1.66. The first kappa shape index (κ1) is 20.1. The smallest absolute Gasteiger partial charge is 0.328 e. The average molecular weight is 436 g/mol. The Morgan fingerprint density at radius 2 is 1.97 bits per heavy atom. The highest BCUT2D eigenvalue weighted by Crippen LogP contribution is 2.37. The Kier molecular flexibility index (Phi) is 5.79. The van der Waals surface area contributed by atoms with Gasteiger partial charge in [0.05, 0.1) is 15.4 Å². The molecule has 0 aliphatic rings. The van der Waals surface area contributed by atoms with Crippen molar-refractivity contribution in [1.82, 2.24) is 4.37 Å². The Morgan fingerprint density at radius 3 is 2.73 bits per heavy atom. The molecule has 0 aliphatic heterocycles. The van der Waals surface area contributed by atoms with Gasteiger partial charge < -0.3 is 10.4 Å². The van der Waals surface area contributed by atoms with Crippen LogP contribution in [0.5, 0.6) is 0 Å². The highest BCUT2D eigenvalue weighted by molar-refractivity contribution is 7.13. The van der Waals surface area contributed by atoms with E-state index < -0.39 is 12.0 Å². The molecule has 5 nitrogen and oxygen atoms in total. The van der Waals surface area contributed by atoms with E-state index in [1.807, 2.05) is 66.7 Å². The zero-order valence-corrected chi connectivity index (χ0v) is 17.6. The SMILES string of the molecule is CC(N=Cc1ccc2snc(Nc3cccc(-c4ccccc4)c3Cl)c2c1)C(=O)O. The summed E-state index contributed by atoms with van der Waals surface area (Å²) in [6.07, 6.45) is 1.57. The highest BCUT2D eigenvalue weighted by atomic mass is 35.5. The number of carboxylic acids is 1. The maximum atomic E-state index is 11.0. The minimum atomic E-state index is -0.958. The van der Waals surface area contributed by atoms with Gasteiger partial charge in [-0.1, -0.05) is 60.1 Å². The number of halogens is 1. The first-order valence-electron chi connectivity index (χ1n) is 9.29. The number of anilines is 2. The van der Waals surface area contributed by atoms with Crippen LogP contribution < -0.4 is 5.32 Å². The number of aromatic nitrogens is 1. The summed E-state index contributed by atoms with van der Waals surface area (Å²) in [4.78, 5) is 15.0. The molecule has 4 aromatic rings. The van der Waals surface area contributed by atoms with Crippen LogP contribution in [0, 0.1) is 0 Å². The lowest BCUT2D eigenvalue weighted by atomic mass is 10.0. The molecular formula is C23H18ClN3O2S. The first-order chi connectivity index (χ1) is 14.5. The van der Waals surface area contributed by atoms with Crippen LogP contribution in [0.3, 0.4) is 0 Å². The van der Waals surface area contributed by atoms with Gasteiger partial charge in [-0.05, 0) is 47.8 Å². The van der Waals surface area contributed by atoms with Gasteiger partial charge in [-0.15, -0.1) is 0 Å². The van der Waals surface area contributed by atoms with Gasteiger partial charge in [-0.3, -0.25) is 4.99 Å². The molecule has 0 fully saturated rings. The van der Waals surface area contributed by atoms with Crippen molar-refractivity contribution in [1.29, 1.82) is 0 Å². The fourth-order valence-corrected chi connectivity index (χ4v) is 3.98. The zero-order valence-electron chi connectivity index (χ0n) is 16.0. The normalized spacial score (nSPS) is 12.3. The van der Waals surface area contributed by atoms with E-state index in [-0.39, 0.29) is 0 Å². The summed E-state index contributed by atoms with van der Waals surface area (Å²) in [6, 6.07) is 20.8. The largest absolute Gasteiger partial charge is 0.480 e. The van der Waals surface area contributed by atoms with Crippen LogP contribution in [0.1, 0.15) is 12.5 Å². The third-order valence-electron chi connectivity index (χ3n) is 4.64. The van der Waals surface area contributed by atoms with E-state index in [4.69, 9.17) is 16.7 Å². The third kappa shape index (κ3) is 4.20. The van der Waals surface area contributed by atoms with Crippen LogP contribution in [-0.2, 0) is 4.79 Å². The van der Waals surface area contributed by atoms with Crippen LogP contribution in [0.4, 0.5) is 11.5 Å². The molecule has 30 heavy (non-hydrogen) atoms. The molecule has 0 aliphatic carbocycles. The maximum Gasteiger partial charge on any atom is 0.328 e. The Hall–Kier alpha value is -3.22. The van der Waals surface area contributed by atoms with Gasteiger partial charge in [0, 0.05) is 17.2 Å². The van der Waals surface area contributed by atoms with E-state index in [2.05, 4.69) is 14.7 Å². The highest BCUT2D eigenvalue weighted by Gasteiger charge is 2.12. The number of rotatable bonds is 6. The number of aliphatic carboxylic acids is 1. The third-order valence-corrected chi connectivity index (χ3v) is 5.87. The molecule has 0 saturated carbocycles. The van der Waals surface area contributed by atoms with Crippen LogP contribution >= 0.6 is 23.1 Å². The molecule has 3 aromatic carbocycles. The fraction of sp³-hybridized carbons (Fsp3) is 0.0870. The molecule has 0 bridgehead atoms. The van der Waals surface area contributed by atoms with Crippen molar-refractivity contribution in [2.75, 3.05) is 5.32 Å². The predicted molar refractivity (Wildman–Crippen MR) is 124 cm³/mol. The molecule has 2 N–H and O–H groups in total. The molecule has 1 unspecified atom stereocenters. The van der Waals surface area contributed by atoms with Crippen LogP contribution in [-0.4, -0.2) is 27.7 Å². The van der Waals surface area contributed by atoms with Crippen molar-refractivity contribution >= 4 is 56.9 Å². The van der Waals surface area contributed by atoms with Gasteiger partial charge in [0.2, 0.25) is 0 Å². The minimum absolute atomic E-state index is 0.623. The quantitative estimate of drug-likeness (QED) is 0.351. The van der Waals surface area contributed by atoms with Crippen molar-refractivity contribution in [2.45, 2.75) is 13.0 Å². The average Bonchev–Trinajstić information content (AvgIpc) is 3.16. The standard InChI is InChI=1S/C23H18ClN3O2S/c1-14(23(28)29)25-13-15-10-11-20-18(12-15)22(27-30-20)26-19-9-5-8-17(21(19)24)16-6-3-2-4-7-16/h2-14H,1H3,(H,26,27)(H,28,29). The number of fused-ring (bicyclic) bond motifs is 1. The van der Waals surface area contributed by atoms with Gasteiger partial charge in [-0.25, -0.2) is 4.79 Å². The summed E-state index contributed by atoms with van der Waals surface area (Å²) in [5.74, 6) is -0.261. The van der Waals surface area contributed by atoms with Crippen molar-refractivity contribution in [2.24, 2.45) is 4.99 Å². The number of carbonyl (C=O) groups is 1. The topological polar surface area (TPSA) is 74.6 Å². The summed E-state index contributed by atoms with van der Waals surface area (Å²) in [5.41, 5.74) is 3.56. The second-order valence-corrected chi connectivity index (χ2v) is 7.92. The van der Waals surface area contributed by atoms with Crippen molar-refractivity contribution in [3.8, 4) is 11.1 Å². The van der Waals surface area contributed by atoms with Gasteiger partial charge in [0.15, 0.2) is 5.82 Å². The first-order valence-corrected chi connectivity index (χ1v) is 10.4. The summed E-state index contributed by atoms with van der Waals surface area (Å²) in [5, 5.41) is 13.9. The van der Waals surface area contributed by atoms with E-state index in [1.165, 1.54) is 18.5 Å². The number of benzene rings is 3. The molecule has 0 radical (unpaired) electrons. The molecule has 0 spiro atoms. The maximum absolute atomic E-state index is 11.0. The Bertz CT molecular complexity index is 1240. The van der Waals surface area contributed by atoms with E-state index >= 15 is 0 Å². The lowest BCUT2D eigenvalue weighted by Gasteiger charge is -2.11. The summed E-state index contributed by atoms with van der Waals surface area (Å²) in [7, 11) is 0. The van der Waals surface area contributed by atoms with Crippen molar-refractivity contribution < 1.29 is 9.90 Å². The minimum Gasteiger partial charge on any atom is -0.480 e. The van der Waals surface area contributed by atoms with Gasteiger partial charge in [0.25, 0.3) is 0 Å². The molecule has 0 saturated heterocycles. The van der Waals surface area contributed by atoms with E-state index in [9.17, 15) is 4.79 Å². The Morgan fingerprint density at radius 1 is 1.17 bits per heavy atom. The number of hydrogen-bond donors (Lipinski definition) is 2. The van der Waals surface area contributed by atoms with Crippen LogP contribution in [0.25, 0.3) is 21.2 Å². The summed E-state index contributed by atoms with van der Waals surface area (Å²) >= 11 is 8.08. The molecule has 7 heteroatoms. The number of aliphatic imine (C=N–C) groups is 1. The lowest BCUT2D eigenvalue weighted by Crippen LogP contribution is -2.13. The van der Waals surface area contributed by atoms with Gasteiger partial charge in [-0.2, -0.15) is 4.37 Å². The van der Waals surface area contributed by atoms with Gasteiger partial charge in [0.1, 0.15) is 6.04 Å². The molecule has 4 rings (SSSR count). The lowest BCUT2D eigenvalue weighted by molar-refractivity contribution is -0.137. The number of nitrogens with one attached hydrogen (secondary N) is 1. The fourth-order valence-electron chi connectivity index (χ4n) is 2.99. The van der Waals surface area contributed by atoms with Crippen LogP contribution in [0.2, 0.25) is 5.02 Å². The second-order valence-electron chi connectivity index (χ2n) is 6.74. The molecular weight excluding hydrogens is 418 g/mol. The molecule has 1 aromatic heterocycles. The monoisotopic (exact) mass is 435 g/mol. The van der Waals surface area contributed by atoms with Gasteiger partial charge >= 0.3 is 5.97 Å². The van der Waals surface area contributed by atoms with Crippen molar-refractivity contribution in [3.05, 3.63) is 77.3 Å². The van der Waals surface area contributed by atoms with Crippen molar-refractivity contribution in [3.63, 3.8) is 0 Å². The molecule has 150 valence electrons. The van der Waals surface area contributed by atoms with E-state index in [0.717, 1.165) is 32.5 Å². The molecule has 1 atom stereocenters. The number of nitrogens with zero attached hydrogens (tertiary/aromatic N) is 2.